The highest BCUT2D eigenvalue weighted by Gasteiger charge is 2.28. The number of rotatable bonds is 6. The van der Waals surface area contributed by atoms with Crippen molar-refractivity contribution < 1.29 is 13.9 Å². The average Bonchev–Trinajstić information content (AvgIpc) is 3.55. The zero-order valence-electron chi connectivity index (χ0n) is 20.2. The van der Waals surface area contributed by atoms with Gasteiger partial charge in [-0.1, -0.05) is 29.8 Å². The lowest BCUT2D eigenvalue weighted by atomic mass is 9.99. The average molecular weight is 495 g/mol. The smallest absolute Gasteiger partial charge is 0.254 e. The summed E-state index contributed by atoms with van der Waals surface area (Å²) in [5.74, 6) is 1.56. The summed E-state index contributed by atoms with van der Waals surface area (Å²) in [6, 6.07) is 13.7. The van der Waals surface area contributed by atoms with E-state index in [4.69, 9.17) is 20.8 Å². The van der Waals surface area contributed by atoms with Gasteiger partial charge >= 0.3 is 0 Å². The number of ether oxygens (including phenoxy) is 1. The molecule has 0 saturated carbocycles. The van der Waals surface area contributed by atoms with Crippen molar-refractivity contribution in [1.29, 1.82) is 0 Å². The first kappa shape index (κ1) is 24.0. The minimum absolute atomic E-state index is 0.0991. The molecule has 5 rings (SSSR count). The Kier molecular flexibility index (Phi) is 7.18. The first-order chi connectivity index (χ1) is 17.0. The van der Waals surface area contributed by atoms with Gasteiger partial charge in [0.25, 0.3) is 5.91 Å². The van der Waals surface area contributed by atoms with Crippen LogP contribution in [0.1, 0.15) is 58.1 Å². The number of nitrogens with zero attached hydrogens (tertiary/aromatic N) is 4. The van der Waals surface area contributed by atoms with Crippen LogP contribution < -0.4 is 0 Å². The van der Waals surface area contributed by atoms with Crippen molar-refractivity contribution in [2.24, 2.45) is 0 Å². The molecule has 2 fully saturated rings. The van der Waals surface area contributed by atoms with E-state index in [1.807, 2.05) is 47.4 Å². The minimum atomic E-state index is 0.0991. The maximum atomic E-state index is 12.9. The molecule has 1 aromatic heterocycles. The molecule has 2 aliphatic heterocycles. The van der Waals surface area contributed by atoms with Gasteiger partial charge in [-0.25, -0.2) is 0 Å². The van der Waals surface area contributed by atoms with E-state index in [1.54, 1.807) is 0 Å². The van der Waals surface area contributed by atoms with Gasteiger partial charge in [0.05, 0.1) is 18.9 Å². The molecule has 3 aromatic rings. The first-order valence-corrected chi connectivity index (χ1v) is 12.6. The van der Waals surface area contributed by atoms with Crippen LogP contribution in [0.25, 0.3) is 0 Å². The van der Waals surface area contributed by atoms with E-state index >= 15 is 0 Å². The molecule has 8 heteroatoms. The lowest BCUT2D eigenvalue weighted by molar-refractivity contribution is 0.0475. The number of benzene rings is 2. The molecule has 0 aliphatic carbocycles. The molecular weight excluding hydrogens is 464 g/mol. The third-order valence-corrected chi connectivity index (χ3v) is 7.30. The van der Waals surface area contributed by atoms with Crippen LogP contribution in [0.15, 0.2) is 46.9 Å². The number of carbonyl (C=O) groups is 1. The van der Waals surface area contributed by atoms with Crippen LogP contribution in [-0.2, 0) is 17.7 Å². The second kappa shape index (κ2) is 10.5. The Balaban J connectivity index is 1.25. The van der Waals surface area contributed by atoms with Gasteiger partial charge in [-0.2, -0.15) is 0 Å². The third kappa shape index (κ3) is 5.42. The molecule has 3 heterocycles. The Morgan fingerprint density at radius 1 is 1.14 bits per heavy atom. The van der Waals surface area contributed by atoms with Crippen molar-refractivity contribution in [3.8, 4) is 0 Å². The number of aromatic nitrogens is 2. The Bertz CT molecular complexity index is 1180. The van der Waals surface area contributed by atoms with Crippen LogP contribution in [0.3, 0.4) is 0 Å². The molecule has 2 aromatic carbocycles. The van der Waals surface area contributed by atoms with Crippen molar-refractivity contribution >= 4 is 17.5 Å². The maximum absolute atomic E-state index is 12.9. The number of hydrogen-bond acceptors (Lipinski definition) is 6. The summed E-state index contributed by atoms with van der Waals surface area (Å²) in [6.45, 7) is 8.75. The lowest BCUT2D eigenvalue weighted by Gasteiger charge is -2.40. The normalized spacial score (nSPS) is 20.9. The molecule has 1 amide bonds. The highest BCUT2D eigenvalue weighted by Crippen LogP contribution is 2.27. The Morgan fingerprint density at radius 2 is 1.94 bits per heavy atom. The van der Waals surface area contributed by atoms with Crippen LogP contribution in [-0.4, -0.2) is 64.8 Å². The molecule has 184 valence electrons. The standard InChI is InChI=1S/C27H31ClN4O3/c1-18-15-31(9-10-32(18)27(33)20-6-4-3-5-7-20)16-23-13-24(28)12-22(19(23)2)14-25-29-30-26(35-25)21-8-11-34-17-21/h3-7,12-13,18,21H,8-11,14-17H2,1-2H3/t18-,21?/m0/s1. The van der Waals surface area contributed by atoms with Crippen molar-refractivity contribution in [2.45, 2.75) is 45.2 Å². The Labute approximate surface area is 211 Å². The Hall–Kier alpha value is -2.74. The molecule has 2 saturated heterocycles. The summed E-state index contributed by atoms with van der Waals surface area (Å²) >= 11 is 6.52. The second-order valence-electron chi connectivity index (χ2n) is 9.57. The molecule has 1 unspecified atom stereocenters. The highest BCUT2D eigenvalue weighted by molar-refractivity contribution is 6.30. The lowest BCUT2D eigenvalue weighted by Crippen LogP contribution is -2.53. The van der Waals surface area contributed by atoms with E-state index in [0.717, 1.165) is 43.8 Å². The molecular formula is C27H31ClN4O3. The van der Waals surface area contributed by atoms with Crippen LogP contribution in [0.4, 0.5) is 0 Å². The van der Waals surface area contributed by atoms with Gasteiger partial charge in [-0.15, -0.1) is 10.2 Å². The van der Waals surface area contributed by atoms with Crippen molar-refractivity contribution in [3.63, 3.8) is 0 Å². The number of piperazine rings is 1. The van der Waals surface area contributed by atoms with E-state index in [9.17, 15) is 4.79 Å². The number of amides is 1. The highest BCUT2D eigenvalue weighted by atomic mass is 35.5. The van der Waals surface area contributed by atoms with Gasteiger partial charge in [0, 0.05) is 49.4 Å². The molecule has 0 spiro atoms. The van der Waals surface area contributed by atoms with Gasteiger partial charge in [0.15, 0.2) is 0 Å². The zero-order valence-corrected chi connectivity index (χ0v) is 21.0. The predicted octanol–water partition coefficient (Wildman–Crippen LogP) is 4.47. The second-order valence-corrected chi connectivity index (χ2v) is 10.0. The largest absolute Gasteiger partial charge is 0.425 e. The van der Waals surface area contributed by atoms with Gasteiger partial charge in [0.1, 0.15) is 0 Å². The molecule has 2 atom stereocenters. The predicted molar refractivity (Wildman–Crippen MR) is 134 cm³/mol. The molecule has 2 aliphatic rings. The molecule has 0 N–H and O–H groups in total. The fourth-order valence-electron chi connectivity index (χ4n) is 5.01. The Morgan fingerprint density at radius 3 is 2.69 bits per heavy atom. The zero-order chi connectivity index (χ0) is 24.4. The van der Waals surface area contributed by atoms with Gasteiger partial charge in [-0.05, 0) is 61.2 Å². The summed E-state index contributed by atoms with van der Waals surface area (Å²) in [7, 11) is 0. The quantitative estimate of drug-likeness (QED) is 0.503. The van der Waals surface area contributed by atoms with E-state index in [2.05, 4.69) is 28.9 Å². The third-order valence-electron chi connectivity index (χ3n) is 7.08. The van der Waals surface area contributed by atoms with Crippen molar-refractivity contribution in [2.75, 3.05) is 32.8 Å². The first-order valence-electron chi connectivity index (χ1n) is 12.2. The summed E-state index contributed by atoms with van der Waals surface area (Å²) in [6.07, 6.45) is 1.47. The van der Waals surface area contributed by atoms with Crippen LogP contribution in [0.5, 0.6) is 0 Å². The van der Waals surface area contributed by atoms with Gasteiger partial charge < -0.3 is 14.1 Å². The van der Waals surface area contributed by atoms with Crippen LogP contribution in [0.2, 0.25) is 5.02 Å². The van der Waals surface area contributed by atoms with Crippen molar-refractivity contribution in [3.05, 3.63) is 81.5 Å². The van der Waals surface area contributed by atoms with Gasteiger partial charge in [-0.3, -0.25) is 9.69 Å². The van der Waals surface area contributed by atoms with Crippen molar-refractivity contribution in [1.82, 2.24) is 20.0 Å². The molecule has 7 nitrogen and oxygen atoms in total. The summed E-state index contributed by atoms with van der Waals surface area (Å²) < 4.78 is 11.4. The minimum Gasteiger partial charge on any atom is -0.425 e. The molecule has 35 heavy (non-hydrogen) atoms. The van der Waals surface area contributed by atoms with Crippen LogP contribution in [0, 0.1) is 6.92 Å². The van der Waals surface area contributed by atoms with Crippen LogP contribution >= 0.6 is 11.6 Å². The molecule has 0 bridgehead atoms. The number of carbonyl (C=O) groups excluding carboxylic acids is 1. The number of halogens is 1. The van der Waals surface area contributed by atoms with E-state index < -0.39 is 0 Å². The maximum Gasteiger partial charge on any atom is 0.254 e. The topological polar surface area (TPSA) is 71.7 Å². The summed E-state index contributed by atoms with van der Waals surface area (Å²) in [4.78, 5) is 17.3. The van der Waals surface area contributed by atoms with E-state index in [0.29, 0.717) is 36.4 Å². The summed E-state index contributed by atoms with van der Waals surface area (Å²) in [5.41, 5.74) is 4.21. The van der Waals surface area contributed by atoms with E-state index in [1.165, 1.54) is 11.1 Å². The fraction of sp³-hybridized carbons (Fsp3) is 0.444. The monoisotopic (exact) mass is 494 g/mol. The van der Waals surface area contributed by atoms with Gasteiger partial charge in [0.2, 0.25) is 11.8 Å². The summed E-state index contributed by atoms with van der Waals surface area (Å²) in [5, 5.41) is 9.22. The SMILES string of the molecule is Cc1c(Cc2nnc(C3CCOC3)o2)cc(Cl)cc1CN1CCN(C(=O)c2ccccc2)[C@@H](C)C1. The number of hydrogen-bond donors (Lipinski definition) is 0. The van der Waals surface area contributed by atoms with E-state index in [-0.39, 0.29) is 17.9 Å². The fourth-order valence-corrected chi connectivity index (χ4v) is 5.27. The molecule has 0 radical (unpaired) electrons.